The van der Waals surface area contributed by atoms with Crippen LogP contribution in [-0.2, 0) is 25.5 Å². The van der Waals surface area contributed by atoms with Gasteiger partial charge < -0.3 is 24.8 Å². The molecule has 0 aromatic heterocycles. The van der Waals surface area contributed by atoms with Crippen molar-refractivity contribution in [1.29, 1.82) is 0 Å². The molecule has 10 heteroatoms. The highest BCUT2D eigenvalue weighted by Crippen LogP contribution is 2.33. The molecular weight excluding hydrogens is 466 g/mol. The molecule has 0 bridgehead atoms. The maximum absolute atomic E-state index is 12.9. The molecule has 1 aromatic carbocycles. The number of fused-ring (bicyclic) bond motifs is 1. The number of amides is 4. The van der Waals surface area contributed by atoms with E-state index in [4.69, 9.17) is 14.2 Å². The summed E-state index contributed by atoms with van der Waals surface area (Å²) in [5, 5.41) is 5.82. The Bertz CT molecular complexity index is 951. The minimum Gasteiger partial charge on any atom is -0.493 e. The quantitative estimate of drug-likeness (QED) is 0.332. The first-order valence-corrected chi connectivity index (χ1v) is 12.5. The van der Waals surface area contributed by atoms with Gasteiger partial charge in [0.1, 0.15) is 0 Å². The number of urea groups is 1. The molecule has 4 amide bonds. The van der Waals surface area contributed by atoms with Crippen molar-refractivity contribution in [1.82, 2.24) is 15.5 Å². The van der Waals surface area contributed by atoms with Gasteiger partial charge in [0.25, 0.3) is 0 Å². The molecule has 1 aromatic rings. The fourth-order valence-electron chi connectivity index (χ4n) is 4.96. The van der Waals surface area contributed by atoms with Crippen molar-refractivity contribution < 1.29 is 33.4 Å². The monoisotopic (exact) mass is 503 g/mol. The van der Waals surface area contributed by atoms with Crippen molar-refractivity contribution in [3.05, 3.63) is 23.8 Å². The number of hydrogen-bond donors (Lipinski definition) is 2. The number of nitrogens with one attached hydrogen (secondary N) is 2. The first-order chi connectivity index (χ1) is 17.4. The van der Waals surface area contributed by atoms with Crippen molar-refractivity contribution >= 4 is 23.8 Å². The lowest BCUT2D eigenvalue weighted by molar-refractivity contribution is -0.149. The second-order valence-electron chi connectivity index (χ2n) is 9.29. The van der Waals surface area contributed by atoms with Gasteiger partial charge in [0.15, 0.2) is 11.5 Å². The molecule has 198 valence electrons. The Kier molecular flexibility index (Phi) is 9.95. The van der Waals surface area contributed by atoms with E-state index in [0.717, 1.165) is 12.0 Å². The van der Waals surface area contributed by atoms with Crippen molar-refractivity contribution in [2.45, 2.75) is 57.4 Å². The van der Waals surface area contributed by atoms with Crippen LogP contribution in [-0.4, -0.2) is 69.2 Å². The van der Waals surface area contributed by atoms with Crippen LogP contribution < -0.4 is 20.1 Å². The highest BCUT2D eigenvalue weighted by molar-refractivity contribution is 5.98. The number of hydrogen-bond acceptors (Lipinski definition) is 7. The van der Waals surface area contributed by atoms with E-state index in [1.54, 1.807) is 14.2 Å². The van der Waals surface area contributed by atoms with Crippen molar-refractivity contribution in [2.75, 3.05) is 34.4 Å². The first-order valence-electron chi connectivity index (χ1n) is 12.5. The van der Waals surface area contributed by atoms with Crippen LogP contribution in [0.1, 0.15) is 50.5 Å². The fraction of sp³-hybridized carbons (Fsp3) is 0.615. The van der Waals surface area contributed by atoms with E-state index < -0.39 is 6.03 Å². The summed E-state index contributed by atoms with van der Waals surface area (Å²) < 4.78 is 15.3. The predicted octanol–water partition coefficient (Wildman–Crippen LogP) is 2.43. The number of imide groups is 1. The maximum Gasteiger partial charge on any atom is 0.324 e. The molecule has 1 heterocycles. The summed E-state index contributed by atoms with van der Waals surface area (Å²) in [6, 6.07) is 4.97. The van der Waals surface area contributed by atoms with Gasteiger partial charge in [0.2, 0.25) is 11.8 Å². The van der Waals surface area contributed by atoms with Gasteiger partial charge in [0, 0.05) is 25.6 Å². The van der Waals surface area contributed by atoms with E-state index in [2.05, 4.69) is 10.6 Å². The number of unbranched alkanes of at least 4 members (excludes halogenated alkanes) is 2. The van der Waals surface area contributed by atoms with Crippen LogP contribution in [0.4, 0.5) is 4.79 Å². The molecule has 1 saturated heterocycles. The SMILES string of the molecule is COC(=O)C1CCC2C(=O)N(CCCCCC(=O)NCCc3ccc(OC)c(OC)c3)C(=O)NC2C1. The summed E-state index contributed by atoms with van der Waals surface area (Å²) in [4.78, 5) is 50.6. The maximum atomic E-state index is 12.9. The average Bonchev–Trinajstić information content (AvgIpc) is 2.89. The normalized spacial score (nSPS) is 21.3. The Balaban J connectivity index is 1.32. The Hall–Kier alpha value is -3.30. The Morgan fingerprint density at radius 3 is 2.56 bits per heavy atom. The predicted molar refractivity (Wildman–Crippen MR) is 132 cm³/mol. The van der Waals surface area contributed by atoms with Crippen LogP contribution in [0, 0.1) is 11.8 Å². The smallest absolute Gasteiger partial charge is 0.324 e. The Morgan fingerprint density at radius 1 is 1.06 bits per heavy atom. The van der Waals surface area contributed by atoms with Gasteiger partial charge in [-0.2, -0.15) is 0 Å². The van der Waals surface area contributed by atoms with Gasteiger partial charge in [-0.1, -0.05) is 12.5 Å². The minimum absolute atomic E-state index is 0.0209. The topological polar surface area (TPSA) is 123 Å². The van der Waals surface area contributed by atoms with Crippen molar-refractivity contribution in [3.63, 3.8) is 0 Å². The van der Waals surface area contributed by atoms with Crippen LogP contribution in [0.2, 0.25) is 0 Å². The number of methoxy groups -OCH3 is 3. The van der Waals surface area contributed by atoms with Gasteiger partial charge >= 0.3 is 12.0 Å². The average molecular weight is 504 g/mol. The third kappa shape index (κ3) is 6.89. The van der Waals surface area contributed by atoms with Crippen LogP contribution >= 0.6 is 0 Å². The molecule has 1 saturated carbocycles. The third-order valence-corrected chi connectivity index (χ3v) is 6.99. The number of carbonyl (C=O) groups is 4. The van der Waals surface area contributed by atoms with E-state index in [-0.39, 0.29) is 35.7 Å². The Labute approximate surface area is 212 Å². The van der Waals surface area contributed by atoms with Gasteiger partial charge in [-0.15, -0.1) is 0 Å². The molecule has 36 heavy (non-hydrogen) atoms. The molecule has 0 spiro atoms. The zero-order valence-corrected chi connectivity index (χ0v) is 21.3. The van der Waals surface area contributed by atoms with E-state index >= 15 is 0 Å². The van der Waals surface area contributed by atoms with Crippen molar-refractivity contribution in [2.24, 2.45) is 11.8 Å². The van der Waals surface area contributed by atoms with E-state index in [1.807, 2.05) is 18.2 Å². The lowest BCUT2D eigenvalue weighted by Crippen LogP contribution is -2.61. The second kappa shape index (κ2) is 13.1. The fourth-order valence-corrected chi connectivity index (χ4v) is 4.96. The van der Waals surface area contributed by atoms with E-state index in [1.165, 1.54) is 12.0 Å². The van der Waals surface area contributed by atoms with Crippen LogP contribution in [0.25, 0.3) is 0 Å². The molecule has 3 atom stereocenters. The van der Waals surface area contributed by atoms with Crippen molar-refractivity contribution in [3.8, 4) is 11.5 Å². The largest absolute Gasteiger partial charge is 0.493 e. The van der Waals surface area contributed by atoms with E-state index in [0.29, 0.717) is 69.5 Å². The molecule has 2 fully saturated rings. The summed E-state index contributed by atoms with van der Waals surface area (Å²) in [5.41, 5.74) is 1.04. The number of ether oxygens (including phenoxy) is 3. The molecule has 0 radical (unpaired) electrons. The lowest BCUT2D eigenvalue weighted by atomic mass is 9.76. The number of benzene rings is 1. The van der Waals surface area contributed by atoms with Crippen LogP contribution in [0.15, 0.2) is 18.2 Å². The number of nitrogens with zero attached hydrogens (tertiary/aromatic N) is 1. The standard InChI is InChI=1S/C26H37N3O7/c1-34-21-11-8-17(15-22(21)35-2)12-13-27-23(30)7-5-4-6-14-29-24(31)19-10-9-18(25(32)36-3)16-20(19)28-26(29)33/h8,11,15,18-20H,4-7,9-10,12-14,16H2,1-3H3,(H,27,30)(H,28,33). The summed E-state index contributed by atoms with van der Waals surface area (Å²) in [6.45, 7) is 0.853. The molecule has 3 rings (SSSR count). The molecular formula is C26H37N3O7. The van der Waals surface area contributed by atoms with Gasteiger partial charge in [-0.25, -0.2) is 4.79 Å². The molecule has 3 unspecified atom stereocenters. The first kappa shape index (κ1) is 27.3. The van der Waals surface area contributed by atoms with Gasteiger partial charge in [-0.3, -0.25) is 19.3 Å². The highest BCUT2D eigenvalue weighted by atomic mass is 16.5. The number of carbonyl (C=O) groups excluding carboxylic acids is 4. The molecule has 1 aliphatic heterocycles. The molecule has 2 N–H and O–H groups in total. The summed E-state index contributed by atoms with van der Waals surface area (Å²) >= 11 is 0. The molecule has 2 aliphatic rings. The lowest BCUT2D eigenvalue weighted by Gasteiger charge is -2.41. The van der Waals surface area contributed by atoms with Gasteiger partial charge in [0.05, 0.1) is 33.2 Å². The number of esters is 1. The second-order valence-corrected chi connectivity index (χ2v) is 9.29. The van der Waals surface area contributed by atoms with Crippen LogP contribution in [0.3, 0.4) is 0 Å². The zero-order chi connectivity index (χ0) is 26.1. The molecule has 1 aliphatic carbocycles. The van der Waals surface area contributed by atoms with Gasteiger partial charge in [-0.05, 0) is 56.2 Å². The minimum atomic E-state index is -0.403. The summed E-state index contributed by atoms with van der Waals surface area (Å²) in [6.07, 6.45) is 4.71. The van der Waals surface area contributed by atoms with E-state index in [9.17, 15) is 19.2 Å². The number of rotatable bonds is 12. The van der Waals surface area contributed by atoms with Crippen LogP contribution in [0.5, 0.6) is 11.5 Å². The summed E-state index contributed by atoms with van der Waals surface area (Å²) in [7, 11) is 4.53. The Morgan fingerprint density at radius 2 is 1.83 bits per heavy atom. The molecule has 10 nitrogen and oxygen atoms in total. The summed E-state index contributed by atoms with van der Waals surface area (Å²) in [5.74, 6) is 0.280. The third-order valence-electron chi connectivity index (χ3n) is 6.99. The zero-order valence-electron chi connectivity index (χ0n) is 21.3. The highest BCUT2D eigenvalue weighted by Gasteiger charge is 2.45.